The lowest BCUT2D eigenvalue weighted by molar-refractivity contribution is -0.123. The fraction of sp³-hybridized carbons (Fsp3) is 0.562. The fourth-order valence-corrected chi connectivity index (χ4v) is 2.41. The monoisotopic (exact) mass is 328 g/mol. The summed E-state index contributed by atoms with van der Waals surface area (Å²) in [6.45, 7) is 3.25. The number of halogens is 2. The maximum absolute atomic E-state index is 13.1. The Bertz CT molecular complexity index is 552. The van der Waals surface area contributed by atoms with Gasteiger partial charge in [0, 0.05) is 13.0 Å². The Labute approximate surface area is 134 Å². The fourth-order valence-electron chi connectivity index (χ4n) is 2.41. The predicted molar refractivity (Wildman–Crippen MR) is 81.5 cm³/mol. The van der Waals surface area contributed by atoms with Crippen molar-refractivity contribution >= 4 is 5.91 Å². The van der Waals surface area contributed by atoms with Crippen molar-refractivity contribution in [3.05, 3.63) is 29.8 Å². The van der Waals surface area contributed by atoms with E-state index in [2.05, 4.69) is 10.6 Å². The first-order chi connectivity index (χ1) is 10.8. The van der Waals surface area contributed by atoms with Gasteiger partial charge in [-0.15, -0.1) is 0 Å². The third-order valence-electron chi connectivity index (χ3n) is 3.51. The summed E-state index contributed by atoms with van der Waals surface area (Å²) in [6, 6.07) is 6.01. The molecule has 7 heteroatoms. The van der Waals surface area contributed by atoms with Crippen molar-refractivity contribution in [1.82, 2.24) is 10.6 Å². The Morgan fingerprint density at radius 3 is 2.87 bits per heavy atom. The Morgan fingerprint density at radius 1 is 1.52 bits per heavy atom. The average molecular weight is 328 g/mol. The molecule has 0 bridgehead atoms. The van der Waals surface area contributed by atoms with E-state index in [0.29, 0.717) is 11.3 Å². The van der Waals surface area contributed by atoms with Crippen molar-refractivity contribution in [3.63, 3.8) is 0 Å². The van der Waals surface area contributed by atoms with Crippen LogP contribution in [0.25, 0.3) is 0 Å². The van der Waals surface area contributed by atoms with Crippen LogP contribution in [0.3, 0.4) is 0 Å². The Balaban J connectivity index is 1.87. The van der Waals surface area contributed by atoms with Gasteiger partial charge in [0.2, 0.25) is 5.91 Å². The molecule has 3 N–H and O–H groups in total. The molecule has 0 aliphatic carbocycles. The second-order valence-electron chi connectivity index (χ2n) is 5.99. The van der Waals surface area contributed by atoms with Gasteiger partial charge in [0.15, 0.2) is 0 Å². The number of hydrogen-bond donors (Lipinski definition) is 3. The van der Waals surface area contributed by atoms with E-state index in [9.17, 15) is 18.7 Å². The van der Waals surface area contributed by atoms with Crippen LogP contribution in [0.15, 0.2) is 24.3 Å². The first kappa shape index (κ1) is 17.6. The van der Waals surface area contributed by atoms with E-state index >= 15 is 0 Å². The van der Waals surface area contributed by atoms with Crippen LogP contribution in [0.2, 0.25) is 0 Å². The molecule has 2 unspecified atom stereocenters. The van der Waals surface area contributed by atoms with E-state index in [0.717, 1.165) is 0 Å². The summed E-state index contributed by atoms with van der Waals surface area (Å²) in [6.07, 6.45) is -1.44. The van der Waals surface area contributed by atoms with Crippen molar-refractivity contribution in [2.75, 3.05) is 13.1 Å². The number of alkyl halides is 2. The van der Waals surface area contributed by atoms with Crippen LogP contribution in [0.1, 0.15) is 31.9 Å². The number of amides is 1. The molecule has 1 amide bonds. The molecule has 2 atom stereocenters. The molecule has 23 heavy (non-hydrogen) atoms. The van der Waals surface area contributed by atoms with Gasteiger partial charge in [0.05, 0.1) is 24.8 Å². The van der Waals surface area contributed by atoms with Crippen molar-refractivity contribution in [3.8, 4) is 5.75 Å². The van der Waals surface area contributed by atoms with E-state index in [-0.39, 0.29) is 12.6 Å². The first-order valence-electron chi connectivity index (χ1n) is 7.60. The summed E-state index contributed by atoms with van der Waals surface area (Å²) in [5.41, 5.74) is 0.591. The van der Waals surface area contributed by atoms with Gasteiger partial charge in [-0.3, -0.25) is 10.1 Å². The van der Waals surface area contributed by atoms with Gasteiger partial charge in [-0.1, -0.05) is 12.1 Å². The third kappa shape index (κ3) is 5.14. The van der Waals surface area contributed by atoms with E-state index in [4.69, 9.17) is 4.74 Å². The molecule has 1 aromatic rings. The number of carbonyl (C=O) groups excluding carboxylic acids is 1. The van der Waals surface area contributed by atoms with E-state index in [1.165, 1.54) is 0 Å². The summed E-state index contributed by atoms with van der Waals surface area (Å²) < 4.78 is 31.7. The molecular weight excluding hydrogens is 306 g/mol. The molecular formula is C16H22F2N2O3. The summed E-state index contributed by atoms with van der Waals surface area (Å²) >= 11 is 0. The summed E-state index contributed by atoms with van der Waals surface area (Å²) in [5.74, 6) is -2.76. The highest BCUT2D eigenvalue weighted by atomic mass is 19.3. The number of ether oxygens (including phenoxy) is 1. The van der Waals surface area contributed by atoms with Gasteiger partial charge in [-0.05, 0) is 31.5 Å². The van der Waals surface area contributed by atoms with E-state index in [1.54, 1.807) is 24.3 Å². The van der Waals surface area contributed by atoms with Crippen LogP contribution >= 0.6 is 0 Å². The lowest BCUT2D eigenvalue weighted by Crippen LogP contribution is -2.41. The zero-order valence-corrected chi connectivity index (χ0v) is 13.2. The molecule has 1 aliphatic rings. The van der Waals surface area contributed by atoms with E-state index in [1.807, 2.05) is 13.8 Å². The van der Waals surface area contributed by atoms with Gasteiger partial charge in [0.25, 0.3) is 5.92 Å². The molecule has 0 aromatic heterocycles. The van der Waals surface area contributed by atoms with Crippen molar-refractivity contribution < 1.29 is 23.4 Å². The van der Waals surface area contributed by atoms with Crippen molar-refractivity contribution in [2.24, 2.45) is 0 Å². The van der Waals surface area contributed by atoms with E-state index < -0.39 is 36.9 Å². The minimum atomic E-state index is -2.86. The molecule has 0 spiro atoms. The van der Waals surface area contributed by atoms with Crippen LogP contribution in [-0.4, -0.2) is 42.2 Å². The van der Waals surface area contributed by atoms with Crippen LogP contribution < -0.4 is 15.4 Å². The minimum absolute atomic E-state index is 0.0113. The van der Waals surface area contributed by atoms with Crippen LogP contribution in [0.5, 0.6) is 5.75 Å². The molecule has 128 valence electrons. The van der Waals surface area contributed by atoms with Gasteiger partial charge in [-0.2, -0.15) is 0 Å². The quantitative estimate of drug-likeness (QED) is 0.742. The average Bonchev–Trinajstić information content (AvgIpc) is 2.84. The lowest BCUT2D eigenvalue weighted by Gasteiger charge is -2.16. The zero-order valence-electron chi connectivity index (χ0n) is 13.2. The van der Waals surface area contributed by atoms with Crippen molar-refractivity contribution in [2.45, 2.75) is 44.4 Å². The highest BCUT2D eigenvalue weighted by Gasteiger charge is 2.42. The molecule has 5 nitrogen and oxygen atoms in total. The predicted octanol–water partition coefficient (Wildman–Crippen LogP) is 1.62. The molecule has 0 radical (unpaired) electrons. The third-order valence-corrected chi connectivity index (χ3v) is 3.51. The van der Waals surface area contributed by atoms with Gasteiger partial charge in [0.1, 0.15) is 5.75 Å². The highest BCUT2D eigenvalue weighted by molar-refractivity contribution is 5.82. The van der Waals surface area contributed by atoms with Gasteiger partial charge in [-0.25, -0.2) is 8.78 Å². The molecule has 1 saturated heterocycles. The summed E-state index contributed by atoms with van der Waals surface area (Å²) in [5, 5.41) is 15.1. The van der Waals surface area contributed by atoms with Crippen molar-refractivity contribution in [1.29, 1.82) is 0 Å². The maximum Gasteiger partial charge on any atom is 0.262 e. The number of carbonyl (C=O) groups is 1. The molecule has 1 heterocycles. The number of rotatable bonds is 6. The first-order valence-corrected chi connectivity index (χ1v) is 7.60. The minimum Gasteiger partial charge on any atom is -0.491 e. The van der Waals surface area contributed by atoms with Crippen LogP contribution in [-0.2, 0) is 4.79 Å². The summed E-state index contributed by atoms with van der Waals surface area (Å²) in [4.78, 5) is 11.8. The Kier molecular flexibility index (Phi) is 5.54. The standard InChI is InChI=1S/C16H22F2N2O3/c1-10(2)23-12-5-3-4-11(6-12)14(21)8-19-15(22)13-7-16(17,18)9-20-13/h3-6,10,13-14,20-21H,7-9H2,1-2H3,(H,19,22). The second-order valence-corrected chi connectivity index (χ2v) is 5.99. The van der Waals surface area contributed by atoms with Crippen LogP contribution in [0.4, 0.5) is 8.78 Å². The summed E-state index contributed by atoms with van der Waals surface area (Å²) in [7, 11) is 0. The second kappa shape index (κ2) is 7.23. The van der Waals surface area contributed by atoms with Crippen LogP contribution in [0, 0.1) is 0 Å². The number of aliphatic hydroxyl groups is 1. The van der Waals surface area contributed by atoms with Gasteiger partial charge < -0.3 is 15.2 Å². The molecule has 2 rings (SSSR count). The smallest absolute Gasteiger partial charge is 0.262 e. The molecule has 0 saturated carbocycles. The largest absolute Gasteiger partial charge is 0.491 e. The molecule has 1 aromatic carbocycles. The number of aliphatic hydroxyl groups excluding tert-OH is 1. The number of hydrogen-bond acceptors (Lipinski definition) is 4. The lowest BCUT2D eigenvalue weighted by atomic mass is 10.1. The van der Waals surface area contributed by atoms with Gasteiger partial charge >= 0.3 is 0 Å². The number of benzene rings is 1. The molecule has 1 aliphatic heterocycles. The maximum atomic E-state index is 13.1. The number of nitrogens with one attached hydrogen (secondary N) is 2. The SMILES string of the molecule is CC(C)Oc1cccc(C(O)CNC(=O)C2CC(F)(F)CN2)c1. The zero-order chi connectivity index (χ0) is 17.0. The Hall–Kier alpha value is -1.73. The molecule has 1 fully saturated rings. The topological polar surface area (TPSA) is 70.6 Å². The highest BCUT2D eigenvalue weighted by Crippen LogP contribution is 2.25. The normalized spacial score (nSPS) is 21.2. The Morgan fingerprint density at radius 2 is 2.26 bits per heavy atom.